The molecule has 1 heterocycles. The molecule has 3 aromatic rings. The van der Waals surface area contributed by atoms with Gasteiger partial charge in [-0.1, -0.05) is 54.6 Å². The largest absolute Gasteiger partial charge is 0.497 e. The zero-order valence-electron chi connectivity index (χ0n) is 19.8. The number of rotatable bonds is 7. The molecule has 1 aliphatic heterocycles. The summed E-state index contributed by atoms with van der Waals surface area (Å²) in [6.07, 6.45) is -8.67. The van der Waals surface area contributed by atoms with Crippen molar-refractivity contribution >= 4 is 22.7 Å². The van der Waals surface area contributed by atoms with Gasteiger partial charge in [0.1, 0.15) is 30.7 Å². The number of fused-ring (bicyclic) bond motifs is 1. The number of benzene rings is 3. The van der Waals surface area contributed by atoms with Crippen LogP contribution in [0.5, 0.6) is 5.75 Å². The van der Waals surface area contributed by atoms with E-state index in [9.17, 15) is 24.9 Å². The van der Waals surface area contributed by atoms with Crippen LogP contribution in [0.15, 0.2) is 66.7 Å². The third-order valence-corrected chi connectivity index (χ3v) is 6.18. The second kappa shape index (κ2) is 11.0. The SMILES string of the molecule is COc1ccc2cc([C@@H](C)C(=O)O[C@H]3O[C@@H](C(=O)OCc4ccccc4)[C@H](O)[C@@H](O)[C@@H]3O)ccc2c1. The van der Waals surface area contributed by atoms with Crippen LogP contribution in [0.25, 0.3) is 10.8 Å². The van der Waals surface area contributed by atoms with Gasteiger partial charge in [-0.15, -0.1) is 0 Å². The van der Waals surface area contributed by atoms with E-state index in [1.165, 1.54) is 0 Å². The van der Waals surface area contributed by atoms with Crippen LogP contribution in [0.4, 0.5) is 0 Å². The molecule has 9 nitrogen and oxygen atoms in total. The number of carbonyl (C=O) groups is 2. The number of hydrogen-bond acceptors (Lipinski definition) is 9. The molecule has 1 aliphatic rings. The van der Waals surface area contributed by atoms with Crippen molar-refractivity contribution in [2.45, 2.75) is 50.2 Å². The summed E-state index contributed by atoms with van der Waals surface area (Å²) in [5, 5.41) is 32.7. The summed E-state index contributed by atoms with van der Waals surface area (Å²) in [5.41, 5.74) is 1.37. The highest BCUT2D eigenvalue weighted by Gasteiger charge is 2.49. The molecule has 0 aromatic heterocycles. The summed E-state index contributed by atoms with van der Waals surface area (Å²) in [6, 6.07) is 19.9. The van der Waals surface area contributed by atoms with E-state index in [4.69, 9.17) is 18.9 Å². The Hall–Kier alpha value is -3.50. The van der Waals surface area contributed by atoms with Crippen molar-refractivity contribution < 1.29 is 43.9 Å². The number of methoxy groups -OCH3 is 1. The molecule has 36 heavy (non-hydrogen) atoms. The molecule has 0 bridgehead atoms. The Morgan fingerprint density at radius 1 is 0.917 bits per heavy atom. The first-order valence-electron chi connectivity index (χ1n) is 11.5. The molecule has 190 valence electrons. The Bertz CT molecular complexity index is 1210. The quantitative estimate of drug-likeness (QED) is 0.421. The van der Waals surface area contributed by atoms with E-state index < -0.39 is 48.6 Å². The minimum absolute atomic E-state index is 0.0831. The topological polar surface area (TPSA) is 132 Å². The maximum Gasteiger partial charge on any atom is 0.338 e. The Labute approximate surface area is 207 Å². The molecule has 4 rings (SSSR count). The lowest BCUT2D eigenvalue weighted by molar-refractivity contribution is -0.288. The molecule has 1 fully saturated rings. The van der Waals surface area contributed by atoms with Crippen molar-refractivity contribution in [2.24, 2.45) is 0 Å². The zero-order valence-corrected chi connectivity index (χ0v) is 19.8. The van der Waals surface area contributed by atoms with E-state index in [1.807, 2.05) is 36.4 Å². The molecule has 3 N–H and O–H groups in total. The second-order valence-corrected chi connectivity index (χ2v) is 8.62. The van der Waals surface area contributed by atoms with E-state index in [2.05, 4.69) is 0 Å². The first-order valence-corrected chi connectivity index (χ1v) is 11.5. The monoisotopic (exact) mass is 496 g/mol. The van der Waals surface area contributed by atoms with E-state index >= 15 is 0 Å². The molecule has 6 atom stereocenters. The van der Waals surface area contributed by atoms with Gasteiger partial charge < -0.3 is 34.3 Å². The van der Waals surface area contributed by atoms with Crippen LogP contribution in [0, 0.1) is 0 Å². The van der Waals surface area contributed by atoms with Gasteiger partial charge in [0.15, 0.2) is 6.10 Å². The Balaban J connectivity index is 1.43. The average Bonchev–Trinajstić information content (AvgIpc) is 2.91. The van der Waals surface area contributed by atoms with Crippen molar-refractivity contribution in [1.82, 2.24) is 0 Å². The molecular weight excluding hydrogens is 468 g/mol. The van der Waals surface area contributed by atoms with Gasteiger partial charge in [-0.05, 0) is 41.0 Å². The number of esters is 2. The molecule has 1 saturated heterocycles. The lowest BCUT2D eigenvalue weighted by Gasteiger charge is -2.38. The lowest BCUT2D eigenvalue weighted by Crippen LogP contribution is -2.61. The zero-order chi connectivity index (χ0) is 25.8. The molecule has 3 aromatic carbocycles. The average molecular weight is 497 g/mol. The van der Waals surface area contributed by atoms with Crippen LogP contribution in [-0.2, 0) is 30.4 Å². The molecule has 0 unspecified atom stereocenters. The van der Waals surface area contributed by atoms with Crippen molar-refractivity contribution in [2.75, 3.05) is 7.11 Å². The van der Waals surface area contributed by atoms with Gasteiger partial charge in [0.25, 0.3) is 0 Å². The van der Waals surface area contributed by atoms with Crippen molar-refractivity contribution in [3.8, 4) is 5.75 Å². The molecule has 0 amide bonds. The fourth-order valence-corrected chi connectivity index (χ4v) is 3.94. The molecule has 0 saturated carbocycles. The maximum absolute atomic E-state index is 12.9. The molecule has 0 radical (unpaired) electrons. The molecule has 0 spiro atoms. The molecule has 0 aliphatic carbocycles. The summed E-state index contributed by atoms with van der Waals surface area (Å²) in [4.78, 5) is 25.4. The van der Waals surface area contributed by atoms with Gasteiger partial charge in [-0.2, -0.15) is 0 Å². The van der Waals surface area contributed by atoms with Crippen molar-refractivity contribution in [3.05, 3.63) is 77.9 Å². The van der Waals surface area contributed by atoms with Crippen LogP contribution >= 0.6 is 0 Å². The number of aliphatic hydroxyl groups excluding tert-OH is 3. The predicted molar refractivity (Wildman–Crippen MR) is 128 cm³/mol. The van der Waals surface area contributed by atoms with Crippen LogP contribution in [0.2, 0.25) is 0 Å². The minimum Gasteiger partial charge on any atom is -0.497 e. The highest BCUT2D eigenvalue weighted by Crippen LogP contribution is 2.28. The first kappa shape index (κ1) is 25.6. The molecular formula is C27H28O9. The van der Waals surface area contributed by atoms with E-state index in [0.29, 0.717) is 16.9 Å². The summed E-state index contributed by atoms with van der Waals surface area (Å²) in [7, 11) is 1.58. The first-order chi connectivity index (χ1) is 17.3. The van der Waals surface area contributed by atoms with Gasteiger partial charge in [0, 0.05) is 0 Å². The number of hydrogen-bond donors (Lipinski definition) is 3. The predicted octanol–water partition coefficient (Wildman–Crippen LogP) is 2.05. The highest BCUT2D eigenvalue weighted by molar-refractivity contribution is 5.87. The summed E-state index contributed by atoms with van der Waals surface area (Å²) in [5.74, 6) is -1.74. The minimum atomic E-state index is -1.79. The van der Waals surface area contributed by atoms with Gasteiger partial charge in [0.2, 0.25) is 6.29 Å². The van der Waals surface area contributed by atoms with Crippen LogP contribution in [0.1, 0.15) is 24.0 Å². The lowest BCUT2D eigenvalue weighted by atomic mass is 9.97. The van der Waals surface area contributed by atoms with Gasteiger partial charge in [-0.3, -0.25) is 4.79 Å². The number of aliphatic hydroxyl groups is 3. The third kappa shape index (κ3) is 5.50. The normalized spacial score (nSPS) is 24.6. The van der Waals surface area contributed by atoms with Crippen molar-refractivity contribution in [3.63, 3.8) is 0 Å². The Morgan fingerprint density at radius 2 is 1.61 bits per heavy atom. The maximum atomic E-state index is 12.9. The Kier molecular flexibility index (Phi) is 7.85. The molecule has 9 heteroatoms. The van der Waals surface area contributed by atoms with E-state index in [0.717, 1.165) is 10.8 Å². The summed E-state index contributed by atoms with van der Waals surface area (Å²) < 4.78 is 21.1. The summed E-state index contributed by atoms with van der Waals surface area (Å²) >= 11 is 0. The number of carbonyl (C=O) groups excluding carboxylic acids is 2. The van der Waals surface area contributed by atoms with Gasteiger partial charge >= 0.3 is 11.9 Å². The van der Waals surface area contributed by atoms with Crippen LogP contribution in [-0.4, -0.2) is 65.1 Å². The number of ether oxygens (including phenoxy) is 4. The Morgan fingerprint density at radius 3 is 2.33 bits per heavy atom. The van der Waals surface area contributed by atoms with Gasteiger partial charge in [-0.25, -0.2) is 4.79 Å². The van der Waals surface area contributed by atoms with E-state index in [-0.39, 0.29) is 6.61 Å². The van der Waals surface area contributed by atoms with Crippen molar-refractivity contribution in [1.29, 1.82) is 0 Å². The highest BCUT2D eigenvalue weighted by atomic mass is 16.7. The van der Waals surface area contributed by atoms with Gasteiger partial charge in [0.05, 0.1) is 13.0 Å². The second-order valence-electron chi connectivity index (χ2n) is 8.62. The third-order valence-electron chi connectivity index (χ3n) is 6.18. The smallest absolute Gasteiger partial charge is 0.338 e. The fourth-order valence-electron chi connectivity index (χ4n) is 3.94. The fraction of sp³-hybridized carbons (Fsp3) is 0.333. The van der Waals surface area contributed by atoms with E-state index in [1.54, 1.807) is 44.4 Å². The summed E-state index contributed by atoms with van der Waals surface area (Å²) in [6.45, 7) is 1.54. The van der Waals surface area contributed by atoms with Crippen LogP contribution in [0.3, 0.4) is 0 Å². The standard InChI is InChI=1S/C27H28O9/c1-15(17-8-9-19-13-20(33-2)11-10-18(19)12-17)25(31)36-27-23(30)21(28)22(29)24(35-27)26(32)34-14-16-6-4-3-5-7-16/h3-13,15,21-24,27-30H,14H2,1-2H3/t15-,21-,22-,23+,24-,27-/m1/s1. The van der Waals surface area contributed by atoms with Crippen LogP contribution < -0.4 is 4.74 Å².